The highest BCUT2D eigenvalue weighted by atomic mass is 35.5. The van der Waals surface area contributed by atoms with Crippen molar-refractivity contribution in [3.05, 3.63) is 29.3 Å². The maximum atomic E-state index is 10.9. The molecule has 5 nitrogen and oxygen atoms in total. The van der Waals surface area contributed by atoms with Gasteiger partial charge in [0.15, 0.2) is 0 Å². The van der Waals surface area contributed by atoms with Crippen LogP contribution in [0.5, 0.6) is 5.75 Å². The first-order valence-corrected chi connectivity index (χ1v) is 5.97. The van der Waals surface area contributed by atoms with Crippen LogP contribution in [0, 0.1) is 0 Å². The van der Waals surface area contributed by atoms with E-state index < -0.39 is 6.10 Å². The van der Waals surface area contributed by atoms with Crippen LogP contribution < -0.4 is 15.4 Å². The van der Waals surface area contributed by atoms with Crippen LogP contribution in [0.1, 0.15) is 0 Å². The number of hydrogen-bond donors (Lipinski definition) is 3. The van der Waals surface area contributed by atoms with Crippen LogP contribution in [-0.2, 0) is 4.79 Å². The largest absolute Gasteiger partial charge is 0.491 e. The third kappa shape index (κ3) is 5.86. The number of benzene rings is 1. The predicted molar refractivity (Wildman–Crippen MR) is 69.9 cm³/mol. The van der Waals surface area contributed by atoms with E-state index in [0.717, 1.165) is 0 Å². The van der Waals surface area contributed by atoms with Crippen LogP contribution in [0.15, 0.2) is 24.3 Å². The average Bonchev–Trinajstić information content (AvgIpc) is 2.38. The Hall–Kier alpha value is -1.30. The quantitative estimate of drug-likeness (QED) is 0.673. The first kappa shape index (κ1) is 14.8. The smallest absolute Gasteiger partial charge is 0.233 e. The van der Waals surface area contributed by atoms with Gasteiger partial charge in [0, 0.05) is 18.6 Å². The maximum Gasteiger partial charge on any atom is 0.233 e. The molecule has 0 aromatic heterocycles. The molecule has 0 aliphatic heterocycles. The Bertz CT molecular complexity index is 370. The number of amides is 1. The Morgan fingerprint density at radius 2 is 2.11 bits per heavy atom. The van der Waals surface area contributed by atoms with Gasteiger partial charge >= 0.3 is 0 Å². The predicted octanol–water partition coefficient (Wildman–Crippen LogP) is 0.415. The highest BCUT2D eigenvalue weighted by molar-refractivity contribution is 6.30. The lowest BCUT2D eigenvalue weighted by Gasteiger charge is -2.13. The molecule has 0 aliphatic carbocycles. The van der Waals surface area contributed by atoms with Crippen LogP contribution in [0.2, 0.25) is 5.02 Å². The Labute approximate surface area is 111 Å². The van der Waals surface area contributed by atoms with E-state index in [2.05, 4.69) is 10.6 Å². The van der Waals surface area contributed by atoms with Crippen molar-refractivity contribution in [3.63, 3.8) is 0 Å². The third-order valence-electron chi connectivity index (χ3n) is 2.20. The van der Waals surface area contributed by atoms with Gasteiger partial charge in [-0.05, 0) is 24.3 Å². The van der Waals surface area contributed by atoms with Gasteiger partial charge in [-0.3, -0.25) is 4.79 Å². The summed E-state index contributed by atoms with van der Waals surface area (Å²) in [5.41, 5.74) is 0. The number of carbonyl (C=O) groups excluding carboxylic acids is 1. The van der Waals surface area contributed by atoms with Crippen molar-refractivity contribution in [1.82, 2.24) is 10.6 Å². The zero-order valence-electron chi connectivity index (χ0n) is 10.1. The molecule has 0 saturated heterocycles. The Morgan fingerprint density at radius 1 is 1.44 bits per heavy atom. The molecule has 0 spiro atoms. The lowest BCUT2D eigenvalue weighted by Crippen LogP contribution is -2.37. The van der Waals surface area contributed by atoms with E-state index in [1.54, 1.807) is 31.3 Å². The summed E-state index contributed by atoms with van der Waals surface area (Å²) in [6.45, 7) is 0.623. The van der Waals surface area contributed by atoms with Crippen molar-refractivity contribution in [2.45, 2.75) is 6.10 Å². The molecule has 1 aromatic rings. The van der Waals surface area contributed by atoms with Crippen LogP contribution >= 0.6 is 11.6 Å². The molecule has 0 fully saturated rings. The van der Waals surface area contributed by atoms with Crippen molar-refractivity contribution in [3.8, 4) is 5.75 Å². The normalized spacial score (nSPS) is 11.9. The second-order valence-electron chi connectivity index (χ2n) is 3.72. The minimum absolute atomic E-state index is 0.124. The zero-order chi connectivity index (χ0) is 13.4. The molecule has 6 heteroatoms. The topological polar surface area (TPSA) is 70.6 Å². The summed E-state index contributed by atoms with van der Waals surface area (Å²) >= 11 is 5.73. The Balaban J connectivity index is 2.18. The fourth-order valence-electron chi connectivity index (χ4n) is 1.22. The number of nitrogens with one attached hydrogen (secondary N) is 2. The monoisotopic (exact) mass is 272 g/mol. The number of aliphatic hydroxyl groups excluding tert-OH is 1. The summed E-state index contributed by atoms with van der Waals surface area (Å²) in [5.74, 6) is 0.519. The van der Waals surface area contributed by atoms with Crippen molar-refractivity contribution >= 4 is 17.5 Å². The average molecular weight is 273 g/mol. The van der Waals surface area contributed by atoms with Crippen LogP contribution in [-0.4, -0.2) is 43.9 Å². The van der Waals surface area contributed by atoms with Crippen molar-refractivity contribution < 1.29 is 14.6 Å². The van der Waals surface area contributed by atoms with Crippen molar-refractivity contribution in [2.75, 3.05) is 26.7 Å². The Morgan fingerprint density at radius 3 is 2.72 bits per heavy atom. The van der Waals surface area contributed by atoms with Crippen molar-refractivity contribution in [2.24, 2.45) is 0 Å². The minimum Gasteiger partial charge on any atom is -0.491 e. The molecule has 1 rings (SSSR count). The van der Waals surface area contributed by atoms with Gasteiger partial charge < -0.3 is 20.5 Å². The van der Waals surface area contributed by atoms with Gasteiger partial charge in [-0.1, -0.05) is 11.6 Å². The molecule has 0 bridgehead atoms. The molecule has 3 N–H and O–H groups in total. The standard InChI is InChI=1S/C12H17ClN2O3/c1-14-12(17)7-15-6-10(16)8-18-11-4-2-9(13)3-5-11/h2-5,10,15-16H,6-8H2,1H3,(H,14,17). The van der Waals surface area contributed by atoms with Gasteiger partial charge in [0.2, 0.25) is 5.91 Å². The first-order chi connectivity index (χ1) is 8.61. The van der Waals surface area contributed by atoms with Gasteiger partial charge in [-0.2, -0.15) is 0 Å². The molecule has 1 amide bonds. The molecule has 18 heavy (non-hydrogen) atoms. The zero-order valence-corrected chi connectivity index (χ0v) is 10.9. The minimum atomic E-state index is -0.676. The first-order valence-electron chi connectivity index (χ1n) is 5.59. The summed E-state index contributed by atoms with van der Waals surface area (Å²) in [6.07, 6.45) is -0.676. The van der Waals surface area contributed by atoms with E-state index >= 15 is 0 Å². The molecule has 0 aliphatic rings. The Kier molecular flexibility index (Phi) is 6.49. The summed E-state index contributed by atoms with van der Waals surface area (Å²) in [5, 5.41) is 15.5. The lowest BCUT2D eigenvalue weighted by atomic mass is 10.3. The van der Waals surface area contributed by atoms with Crippen LogP contribution in [0.4, 0.5) is 0 Å². The van der Waals surface area contributed by atoms with E-state index in [1.165, 1.54) is 0 Å². The number of ether oxygens (including phenoxy) is 1. The molecule has 0 heterocycles. The maximum absolute atomic E-state index is 10.9. The SMILES string of the molecule is CNC(=O)CNCC(O)COc1ccc(Cl)cc1. The number of carbonyl (C=O) groups is 1. The number of halogens is 1. The molecular formula is C12H17ClN2O3. The van der Waals surface area contributed by atoms with Gasteiger partial charge in [-0.25, -0.2) is 0 Å². The second kappa shape index (κ2) is 7.92. The molecule has 0 saturated carbocycles. The van der Waals surface area contributed by atoms with E-state index in [9.17, 15) is 9.90 Å². The van der Waals surface area contributed by atoms with E-state index in [0.29, 0.717) is 17.3 Å². The van der Waals surface area contributed by atoms with Crippen LogP contribution in [0.25, 0.3) is 0 Å². The van der Waals surface area contributed by atoms with E-state index in [-0.39, 0.29) is 19.1 Å². The van der Waals surface area contributed by atoms with Gasteiger partial charge in [0.05, 0.1) is 6.54 Å². The number of aliphatic hydroxyl groups is 1. The lowest BCUT2D eigenvalue weighted by molar-refractivity contribution is -0.119. The molecular weight excluding hydrogens is 256 g/mol. The van der Waals surface area contributed by atoms with Gasteiger partial charge in [0.1, 0.15) is 18.5 Å². The van der Waals surface area contributed by atoms with Gasteiger partial charge in [-0.15, -0.1) is 0 Å². The molecule has 1 aromatic carbocycles. The van der Waals surface area contributed by atoms with Crippen LogP contribution in [0.3, 0.4) is 0 Å². The fourth-order valence-corrected chi connectivity index (χ4v) is 1.35. The van der Waals surface area contributed by atoms with E-state index in [1.807, 2.05) is 0 Å². The summed E-state index contributed by atoms with van der Waals surface area (Å²) in [7, 11) is 1.56. The molecule has 0 radical (unpaired) electrons. The number of likely N-dealkylation sites (N-methyl/N-ethyl adjacent to an activating group) is 1. The second-order valence-corrected chi connectivity index (χ2v) is 4.16. The van der Waals surface area contributed by atoms with Gasteiger partial charge in [0.25, 0.3) is 0 Å². The summed E-state index contributed by atoms with van der Waals surface area (Å²) in [6, 6.07) is 6.89. The molecule has 100 valence electrons. The number of hydrogen-bond acceptors (Lipinski definition) is 4. The number of rotatable bonds is 7. The van der Waals surface area contributed by atoms with Crippen molar-refractivity contribution in [1.29, 1.82) is 0 Å². The highest BCUT2D eigenvalue weighted by Crippen LogP contribution is 2.15. The van der Waals surface area contributed by atoms with E-state index in [4.69, 9.17) is 16.3 Å². The molecule has 1 atom stereocenters. The fraction of sp³-hybridized carbons (Fsp3) is 0.417. The highest BCUT2D eigenvalue weighted by Gasteiger charge is 2.06. The summed E-state index contributed by atoms with van der Waals surface area (Å²) < 4.78 is 5.36. The molecule has 1 unspecified atom stereocenters. The summed E-state index contributed by atoms with van der Waals surface area (Å²) in [4.78, 5) is 10.9. The third-order valence-corrected chi connectivity index (χ3v) is 2.45.